The van der Waals surface area contributed by atoms with Crippen LogP contribution in [0.1, 0.15) is 0 Å². The number of rotatable bonds is 6. The van der Waals surface area contributed by atoms with E-state index in [0.29, 0.717) is 0 Å². The second-order valence-corrected chi connectivity index (χ2v) is 15.6. The molecule has 262 valence electrons. The highest BCUT2D eigenvalue weighted by Gasteiger charge is 2.16. The fraction of sp³-hybridized carbons (Fsp3) is 0. The Morgan fingerprint density at radius 3 is 1.59 bits per heavy atom. The van der Waals surface area contributed by atoms with Crippen LogP contribution < -0.4 is 4.90 Å². The van der Waals surface area contributed by atoms with Crippen LogP contribution in [0.3, 0.4) is 0 Å². The van der Waals surface area contributed by atoms with Gasteiger partial charge in [-0.3, -0.25) is 0 Å². The molecule has 56 heavy (non-hydrogen) atoms. The molecule has 10 aromatic carbocycles. The number of hydrogen-bond acceptors (Lipinski definition) is 2. The van der Waals surface area contributed by atoms with Crippen LogP contribution in [0.25, 0.3) is 85.9 Å². The van der Waals surface area contributed by atoms with Crippen LogP contribution in [-0.2, 0) is 0 Å². The summed E-state index contributed by atoms with van der Waals surface area (Å²) in [7, 11) is 0. The maximum atomic E-state index is 2.37. The van der Waals surface area contributed by atoms with E-state index in [0.717, 1.165) is 17.1 Å². The van der Waals surface area contributed by atoms with Gasteiger partial charge in [0.05, 0.1) is 0 Å². The molecule has 0 aliphatic rings. The van der Waals surface area contributed by atoms with Crippen molar-refractivity contribution in [2.24, 2.45) is 0 Å². The molecule has 0 saturated heterocycles. The first-order chi connectivity index (χ1) is 27.7. The summed E-state index contributed by atoms with van der Waals surface area (Å²) in [6, 6.07) is 77.7. The largest absolute Gasteiger partial charge is 0.310 e. The molecule has 1 aromatic heterocycles. The van der Waals surface area contributed by atoms with Gasteiger partial charge in [-0.2, -0.15) is 0 Å². The number of nitrogens with zero attached hydrogens (tertiary/aromatic N) is 1. The quantitative estimate of drug-likeness (QED) is 0.154. The minimum Gasteiger partial charge on any atom is -0.310 e. The zero-order valence-electron chi connectivity index (χ0n) is 30.6. The molecule has 0 atom stereocenters. The van der Waals surface area contributed by atoms with Gasteiger partial charge in [0.25, 0.3) is 0 Å². The number of hydrogen-bond donors (Lipinski definition) is 0. The van der Waals surface area contributed by atoms with Crippen molar-refractivity contribution in [2.75, 3.05) is 4.90 Å². The molecule has 2 heteroatoms. The Morgan fingerprint density at radius 1 is 0.268 bits per heavy atom. The van der Waals surface area contributed by atoms with Gasteiger partial charge in [0, 0.05) is 37.2 Å². The molecule has 0 unspecified atom stereocenters. The standard InChI is InChI=1S/C54H35NS/c1-2-11-36(12-3-1)39-16-10-17-46(31-39)55(45-28-23-38(24-29-45)50-34-43-15-6-7-18-47(43)48-19-8-9-20-49(48)50)44-26-21-37(22-27-44)42-25-30-53-51(33-42)52-32-40-13-4-5-14-41(40)35-54(52)56-53/h1-35H. The second-order valence-electron chi connectivity index (χ2n) is 14.5. The molecule has 0 radical (unpaired) electrons. The van der Waals surface area contributed by atoms with E-state index in [1.165, 1.54) is 85.9 Å². The molecule has 11 rings (SSSR count). The van der Waals surface area contributed by atoms with Crippen molar-refractivity contribution < 1.29 is 0 Å². The van der Waals surface area contributed by atoms with Gasteiger partial charge in [-0.25, -0.2) is 0 Å². The highest BCUT2D eigenvalue weighted by Crippen LogP contribution is 2.42. The molecule has 0 N–H and O–H groups in total. The molecule has 1 heterocycles. The summed E-state index contributed by atoms with van der Waals surface area (Å²) in [5.74, 6) is 0. The molecular weight excluding hydrogens is 695 g/mol. The molecule has 0 bridgehead atoms. The molecule has 0 amide bonds. The third-order valence-corrected chi connectivity index (χ3v) is 12.3. The van der Waals surface area contributed by atoms with Crippen LogP contribution in [0.4, 0.5) is 17.1 Å². The fourth-order valence-electron chi connectivity index (χ4n) is 8.43. The van der Waals surface area contributed by atoms with E-state index in [1.807, 2.05) is 11.3 Å². The normalized spacial score (nSPS) is 11.6. The Balaban J connectivity index is 1.00. The van der Waals surface area contributed by atoms with Crippen LogP contribution in [0.5, 0.6) is 0 Å². The lowest BCUT2D eigenvalue weighted by Gasteiger charge is -2.26. The number of fused-ring (bicyclic) bond motifs is 7. The van der Waals surface area contributed by atoms with Crippen LogP contribution >= 0.6 is 11.3 Å². The third-order valence-electron chi connectivity index (χ3n) is 11.2. The van der Waals surface area contributed by atoms with Gasteiger partial charge >= 0.3 is 0 Å². The van der Waals surface area contributed by atoms with Crippen molar-refractivity contribution in [1.82, 2.24) is 0 Å². The first-order valence-corrected chi connectivity index (χ1v) is 20.0. The van der Waals surface area contributed by atoms with Crippen LogP contribution in [0.15, 0.2) is 212 Å². The Morgan fingerprint density at radius 2 is 0.821 bits per heavy atom. The van der Waals surface area contributed by atoms with Crippen molar-refractivity contribution >= 4 is 80.9 Å². The molecule has 1 nitrogen and oxygen atoms in total. The highest BCUT2D eigenvalue weighted by molar-refractivity contribution is 7.25. The average Bonchev–Trinajstić information content (AvgIpc) is 3.63. The van der Waals surface area contributed by atoms with Gasteiger partial charge in [-0.1, -0.05) is 146 Å². The number of benzene rings is 10. The van der Waals surface area contributed by atoms with E-state index < -0.39 is 0 Å². The van der Waals surface area contributed by atoms with Gasteiger partial charge in [0.1, 0.15) is 0 Å². The van der Waals surface area contributed by atoms with E-state index in [-0.39, 0.29) is 0 Å². The molecule has 0 fully saturated rings. The molecule has 0 saturated carbocycles. The van der Waals surface area contributed by atoms with Gasteiger partial charge in [-0.05, 0) is 132 Å². The predicted molar refractivity (Wildman–Crippen MR) is 243 cm³/mol. The Bertz CT molecular complexity index is 3230. The summed E-state index contributed by atoms with van der Waals surface area (Å²) < 4.78 is 2.65. The van der Waals surface area contributed by atoms with Gasteiger partial charge in [0.15, 0.2) is 0 Å². The average molecular weight is 730 g/mol. The Hall–Kier alpha value is -7.00. The van der Waals surface area contributed by atoms with Gasteiger partial charge in [0.2, 0.25) is 0 Å². The third kappa shape index (κ3) is 5.62. The summed E-state index contributed by atoms with van der Waals surface area (Å²) in [6.07, 6.45) is 0. The molecule has 11 aromatic rings. The zero-order valence-corrected chi connectivity index (χ0v) is 31.4. The van der Waals surface area contributed by atoms with Crippen LogP contribution in [-0.4, -0.2) is 0 Å². The minimum absolute atomic E-state index is 1.11. The first-order valence-electron chi connectivity index (χ1n) is 19.2. The van der Waals surface area contributed by atoms with Gasteiger partial charge < -0.3 is 4.90 Å². The van der Waals surface area contributed by atoms with E-state index in [1.54, 1.807) is 0 Å². The molecule has 0 spiro atoms. The lowest BCUT2D eigenvalue weighted by atomic mass is 9.93. The topological polar surface area (TPSA) is 3.24 Å². The van der Waals surface area contributed by atoms with Crippen molar-refractivity contribution in [3.8, 4) is 33.4 Å². The van der Waals surface area contributed by atoms with Crippen LogP contribution in [0.2, 0.25) is 0 Å². The lowest BCUT2D eigenvalue weighted by molar-refractivity contribution is 1.28. The summed E-state index contributed by atoms with van der Waals surface area (Å²) >= 11 is 1.87. The summed E-state index contributed by atoms with van der Waals surface area (Å²) in [4.78, 5) is 2.37. The fourth-order valence-corrected chi connectivity index (χ4v) is 9.55. The maximum absolute atomic E-state index is 2.37. The molecule has 0 aliphatic heterocycles. The Labute approximate surface area is 330 Å². The van der Waals surface area contributed by atoms with Gasteiger partial charge in [-0.15, -0.1) is 11.3 Å². The number of anilines is 3. The van der Waals surface area contributed by atoms with Crippen molar-refractivity contribution in [2.45, 2.75) is 0 Å². The molecular formula is C54H35NS. The Kier molecular flexibility index (Phi) is 7.75. The van der Waals surface area contributed by atoms with Crippen molar-refractivity contribution in [3.05, 3.63) is 212 Å². The van der Waals surface area contributed by atoms with E-state index in [2.05, 4.69) is 217 Å². The zero-order chi connectivity index (χ0) is 37.0. The maximum Gasteiger partial charge on any atom is 0.0467 e. The minimum atomic E-state index is 1.11. The first kappa shape index (κ1) is 32.4. The highest BCUT2D eigenvalue weighted by atomic mass is 32.1. The second kappa shape index (κ2) is 13.4. The smallest absolute Gasteiger partial charge is 0.0467 e. The number of thiophene rings is 1. The SMILES string of the molecule is c1ccc(-c2cccc(N(c3ccc(-c4ccc5sc6cc7ccccc7cc6c5c4)cc3)c3ccc(-c4cc5ccccc5c5ccccc45)cc3)c2)cc1. The summed E-state index contributed by atoms with van der Waals surface area (Å²) in [5, 5.41) is 10.3. The van der Waals surface area contributed by atoms with Crippen molar-refractivity contribution in [1.29, 1.82) is 0 Å². The lowest BCUT2D eigenvalue weighted by Crippen LogP contribution is -2.10. The van der Waals surface area contributed by atoms with Crippen LogP contribution in [0, 0.1) is 0 Å². The predicted octanol–water partition coefficient (Wildman–Crippen LogP) is 16.0. The van der Waals surface area contributed by atoms with E-state index in [9.17, 15) is 0 Å². The summed E-state index contributed by atoms with van der Waals surface area (Å²) in [5.41, 5.74) is 10.6. The van der Waals surface area contributed by atoms with Crippen molar-refractivity contribution in [3.63, 3.8) is 0 Å². The van der Waals surface area contributed by atoms with E-state index in [4.69, 9.17) is 0 Å². The molecule has 0 aliphatic carbocycles. The monoisotopic (exact) mass is 729 g/mol. The summed E-state index contributed by atoms with van der Waals surface area (Å²) in [6.45, 7) is 0. The van der Waals surface area contributed by atoms with E-state index >= 15 is 0 Å².